The first-order chi connectivity index (χ1) is 12.1. The van der Waals surface area contributed by atoms with Crippen molar-refractivity contribution in [2.75, 3.05) is 25.9 Å². The summed E-state index contributed by atoms with van der Waals surface area (Å²) in [6.07, 6.45) is 4.10. The van der Waals surface area contributed by atoms with Crippen molar-refractivity contribution in [3.05, 3.63) is 41.3 Å². The van der Waals surface area contributed by atoms with Crippen LogP contribution in [0.3, 0.4) is 0 Å². The molecule has 0 aromatic heterocycles. The maximum Gasteiger partial charge on any atom is 0.251 e. The quantitative estimate of drug-likeness (QED) is 0.778. The number of piperidine rings is 1. The molecule has 0 aliphatic carbocycles. The molecular weight excluding hydrogens is 376 g/mol. The van der Waals surface area contributed by atoms with Gasteiger partial charge in [-0.3, -0.25) is 4.79 Å². The van der Waals surface area contributed by atoms with E-state index in [0.717, 1.165) is 24.5 Å². The fourth-order valence-electron chi connectivity index (χ4n) is 2.63. The molecule has 1 fully saturated rings. The second kappa shape index (κ2) is 8.32. The van der Waals surface area contributed by atoms with Gasteiger partial charge in [0.15, 0.2) is 9.84 Å². The third-order valence-electron chi connectivity index (χ3n) is 4.22. The van der Waals surface area contributed by atoms with Crippen molar-refractivity contribution >= 4 is 25.8 Å². The molecule has 0 bridgehead atoms. The summed E-state index contributed by atoms with van der Waals surface area (Å²) < 4.78 is 48.7. The zero-order chi connectivity index (χ0) is 19.4. The summed E-state index contributed by atoms with van der Waals surface area (Å²) in [5.74, 6) is 0.128. The number of carbonyl (C=O) groups excluding carboxylic acids is 1. The SMILES string of the molecule is CC1CCN(S(=O)(=O)c2ccc(C(=O)NC/C=C/S(C)(=O)=O)cc2)CC1. The van der Waals surface area contributed by atoms with Crippen LogP contribution in [-0.4, -0.2) is 52.9 Å². The van der Waals surface area contributed by atoms with E-state index >= 15 is 0 Å². The van der Waals surface area contributed by atoms with Gasteiger partial charge < -0.3 is 5.32 Å². The third-order valence-corrected chi connectivity index (χ3v) is 6.82. The molecule has 0 spiro atoms. The van der Waals surface area contributed by atoms with Crippen molar-refractivity contribution in [2.24, 2.45) is 5.92 Å². The highest BCUT2D eigenvalue weighted by Gasteiger charge is 2.28. The van der Waals surface area contributed by atoms with E-state index in [1.807, 2.05) is 0 Å². The Balaban J connectivity index is 2.01. The lowest BCUT2D eigenvalue weighted by Gasteiger charge is -2.29. The van der Waals surface area contributed by atoms with Crippen LogP contribution in [0.5, 0.6) is 0 Å². The van der Waals surface area contributed by atoms with Gasteiger partial charge in [0.05, 0.1) is 4.90 Å². The Morgan fingerprint density at radius 2 is 1.73 bits per heavy atom. The molecular formula is C17H24N2O5S2. The van der Waals surface area contributed by atoms with Gasteiger partial charge in [0, 0.05) is 36.9 Å². The highest BCUT2D eigenvalue weighted by molar-refractivity contribution is 7.93. The minimum absolute atomic E-state index is 0.0674. The zero-order valence-electron chi connectivity index (χ0n) is 14.9. The van der Waals surface area contributed by atoms with E-state index in [9.17, 15) is 21.6 Å². The molecule has 144 valence electrons. The van der Waals surface area contributed by atoms with Crippen molar-refractivity contribution in [1.29, 1.82) is 0 Å². The van der Waals surface area contributed by atoms with Gasteiger partial charge in [-0.25, -0.2) is 16.8 Å². The van der Waals surface area contributed by atoms with E-state index in [1.54, 1.807) is 0 Å². The molecule has 9 heteroatoms. The van der Waals surface area contributed by atoms with Gasteiger partial charge in [0.2, 0.25) is 10.0 Å². The molecule has 1 heterocycles. The van der Waals surface area contributed by atoms with Crippen molar-refractivity contribution in [3.8, 4) is 0 Å². The lowest BCUT2D eigenvalue weighted by atomic mass is 10.0. The van der Waals surface area contributed by atoms with Crippen LogP contribution in [-0.2, 0) is 19.9 Å². The second-order valence-corrected chi connectivity index (χ2v) is 10.4. The summed E-state index contributed by atoms with van der Waals surface area (Å²) in [5.41, 5.74) is 0.309. The average molecular weight is 401 g/mol. The smallest absolute Gasteiger partial charge is 0.251 e. The number of hydrogen-bond donors (Lipinski definition) is 1. The summed E-state index contributed by atoms with van der Waals surface area (Å²) in [5, 5.41) is 3.56. The fourth-order valence-corrected chi connectivity index (χ4v) is 4.54. The van der Waals surface area contributed by atoms with Gasteiger partial charge in [0.25, 0.3) is 5.91 Å². The van der Waals surface area contributed by atoms with Gasteiger partial charge in [-0.2, -0.15) is 4.31 Å². The highest BCUT2D eigenvalue weighted by atomic mass is 32.2. The number of nitrogens with zero attached hydrogens (tertiary/aromatic N) is 1. The summed E-state index contributed by atoms with van der Waals surface area (Å²) in [7, 11) is -6.77. The van der Waals surface area contributed by atoms with Crippen LogP contribution in [0, 0.1) is 5.92 Å². The van der Waals surface area contributed by atoms with E-state index in [1.165, 1.54) is 34.6 Å². The lowest BCUT2D eigenvalue weighted by Crippen LogP contribution is -2.37. The summed E-state index contributed by atoms with van der Waals surface area (Å²) in [4.78, 5) is 12.2. The zero-order valence-corrected chi connectivity index (χ0v) is 16.5. The second-order valence-electron chi connectivity index (χ2n) is 6.52. The Labute approximate surface area is 155 Å². The maximum absolute atomic E-state index is 12.6. The Kier molecular flexibility index (Phi) is 6.59. The largest absolute Gasteiger partial charge is 0.349 e. The van der Waals surface area contributed by atoms with E-state index in [2.05, 4.69) is 12.2 Å². The first-order valence-corrected chi connectivity index (χ1v) is 11.7. The highest BCUT2D eigenvalue weighted by Crippen LogP contribution is 2.23. The Bertz CT molecular complexity index is 866. The molecule has 1 aliphatic rings. The predicted octanol–water partition coefficient (Wildman–Crippen LogP) is 1.40. The summed E-state index contributed by atoms with van der Waals surface area (Å²) >= 11 is 0. The van der Waals surface area contributed by atoms with E-state index in [4.69, 9.17) is 0 Å². The molecule has 0 atom stereocenters. The van der Waals surface area contributed by atoms with Gasteiger partial charge in [-0.1, -0.05) is 13.0 Å². The first-order valence-electron chi connectivity index (χ1n) is 8.34. The maximum atomic E-state index is 12.6. The Morgan fingerprint density at radius 1 is 1.15 bits per heavy atom. The monoisotopic (exact) mass is 400 g/mol. The topological polar surface area (TPSA) is 101 Å². The van der Waals surface area contributed by atoms with Gasteiger partial charge in [-0.15, -0.1) is 0 Å². The molecule has 1 aromatic carbocycles. The van der Waals surface area contributed by atoms with Crippen LogP contribution in [0.4, 0.5) is 0 Å². The fraction of sp³-hybridized carbons (Fsp3) is 0.471. The number of sulfonamides is 1. The van der Waals surface area contributed by atoms with Crippen molar-refractivity contribution in [2.45, 2.75) is 24.7 Å². The number of nitrogens with one attached hydrogen (secondary N) is 1. The van der Waals surface area contributed by atoms with Gasteiger partial charge in [0.1, 0.15) is 0 Å². The number of carbonyl (C=O) groups is 1. The third kappa shape index (κ3) is 5.65. The van der Waals surface area contributed by atoms with Crippen LogP contribution in [0.1, 0.15) is 30.1 Å². The lowest BCUT2D eigenvalue weighted by molar-refractivity contribution is 0.0958. The molecule has 2 rings (SSSR count). The molecule has 1 N–H and O–H groups in total. The summed E-state index contributed by atoms with van der Waals surface area (Å²) in [6.45, 7) is 3.21. The van der Waals surface area contributed by atoms with Crippen molar-refractivity contribution < 1.29 is 21.6 Å². The van der Waals surface area contributed by atoms with Gasteiger partial charge >= 0.3 is 0 Å². The molecule has 0 unspecified atom stereocenters. The molecule has 7 nitrogen and oxygen atoms in total. The van der Waals surface area contributed by atoms with Crippen LogP contribution in [0.25, 0.3) is 0 Å². The van der Waals surface area contributed by atoms with Gasteiger partial charge in [-0.05, 0) is 43.0 Å². The van der Waals surface area contributed by atoms with Crippen LogP contribution < -0.4 is 5.32 Å². The van der Waals surface area contributed by atoms with E-state index < -0.39 is 25.8 Å². The van der Waals surface area contributed by atoms with E-state index in [0.29, 0.717) is 24.6 Å². The molecule has 0 saturated carbocycles. The molecule has 26 heavy (non-hydrogen) atoms. The Hall–Kier alpha value is -1.71. The molecule has 1 aliphatic heterocycles. The first kappa shape index (κ1) is 20.6. The van der Waals surface area contributed by atoms with Crippen molar-refractivity contribution in [3.63, 3.8) is 0 Å². The van der Waals surface area contributed by atoms with Crippen LogP contribution in [0.2, 0.25) is 0 Å². The Morgan fingerprint density at radius 3 is 2.27 bits per heavy atom. The standard InChI is InChI=1S/C17H24N2O5S2/c1-14-8-11-19(12-9-14)26(23,24)16-6-4-15(5-7-16)17(20)18-10-3-13-25(2,21)22/h3-7,13-14H,8-12H2,1-2H3,(H,18,20)/b13-3+. The number of benzene rings is 1. The number of hydrogen-bond acceptors (Lipinski definition) is 5. The minimum Gasteiger partial charge on any atom is -0.349 e. The number of rotatable bonds is 6. The summed E-state index contributed by atoms with van der Waals surface area (Å²) in [6, 6.07) is 5.76. The van der Waals surface area contributed by atoms with Crippen LogP contribution >= 0.6 is 0 Å². The van der Waals surface area contributed by atoms with Crippen LogP contribution in [0.15, 0.2) is 40.6 Å². The molecule has 1 aromatic rings. The molecule has 0 radical (unpaired) electrons. The molecule has 1 amide bonds. The van der Waals surface area contributed by atoms with E-state index in [-0.39, 0.29) is 11.4 Å². The number of amides is 1. The minimum atomic E-state index is -3.54. The normalized spacial score (nSPS) is 17.5. The average Bonchev–Trinajstić information content (AvgIpc) is 2.58. The predicted molar refractivity (Wildman–Crippen MR) is 99.9 cm³/mol. The molecule has 1 saturated heterocycles. The van der Waals surface area contributed by atoms with Crippen molar-refractivity contribution in [1.82, 2.24) is 9.62 Å². The number of sulfone groups is 1.